The van der Waals surface area contributed by atoms with E-state index in [9.17, 15) is 4.79 Å². The van der Waals surface area contributed by atoms with E-state index < -0.39 is 0 Å². The molecule has 0 atom stereocenters. The van der Waals surface area contributed by atoms with E-state index in [0.717, 1.165) is 11.1 Å². The lowest BCUT2D eigenvalue weighted by molar-refractivity contribution is 0.102. The lowest BCUT2D eigenvalue weighted by Crippen LogP contribution is -2.11. The van der Waals surface area contributed by atoms with Crippen LogP contribution in [-0.4, -0.2) is 15.9 Å². The monoisotopic (exact) mass is 353 g/mol. The minimum absolute atomic E-state index is 0.221. The van der Waals surface area contributed by atoms with Gasteiger partial charge in [0.2, 0.25) is 0 Å². The van der Waals surface area contributed by atoms with Gasteiger partial charge in [-0.05, 0) is 54.5 Å². The molecule has 0 fully saturated rings. The molecule has 1 amide bonds. The quantitative estimate of drug-likeness (QED) is 0.549. The molecule has 0 saturated heterocycles. The Hall–Kier alpha value is -3.91. The molecule has 4 aromatic rings. The van der Waals surface area contributed by atoms with Gasteiger partial charge in [0.05, 0.1) is 0 Å². The van der Waals surface area contributed by atoms with Gasteiger partial charge in [0.25, 0.3) is 5.91 Å². The van der Waals surface area contributed by atoms with E-state index >= 15 is 0 Å². The summed E-state index contributed by atoms with van der Waals surface area (Å²) in [6.07, 6.45) is 1.70. The zero-order valence-electron chi connectivity index (χ0n) is 14.6. The zero-order chi connectivity index (χ0) is 18.6. The molecule has 5 nitrogen and oxygen atoms in total. The molecule has 0 aliphatic rings. The first kappa shape index (κ1) is 16.6. The molecule has 0 aliphatic heterocycles. The number of amides is 1. The molecule has 27 heavy (non-hydrogen) atoms. The maximum absolute atomic E-state index is 12.5. The first-order valence-corrected chi connectivity index (χ1v) is 8.39. The lowest BCUT2D eigenvalue weighted by atomic mass is 10.1. The Morgan fingerprint density at radius 3 is 2.81 bits per heavy atom. The molecule has 1 N–H and O–H groups in total. The maximum Gasteiger partial charge on any atom is 0.255 e. The summed E-state index contributed by atoms with van der Waals surface area (Å²) in [5.41, 5.74) is 3.98. The van der Waals surface area contributed by atoms with E-state index in [1.54, 1.807) is 31.3 Å². The maximum atomic E-state index is 12.5. The molecule has 4 rings (SSSR count). The van der Waals surface area contributed by atoms with Crippen molar-refractivity contribution in [2.24, 2.45) is 0 Å². The average molecular weight is 353 g/mol. The fraction of sp³-hybridized carbons (Fsp3) is 0.0455. The third-order valence-corrected chi connectivity index (χ3v) is 3.88. The summed E-state index contributed by atoms with van der Waals surface area (Å²) in [6.45, 7) is 1.78. The van der Waals surface area contributed by atoms with Crippen molar-refractivity contribution in [1.82, 2.24) is 9.97 Å². The Morgan fingerprint density at radius 1 is 1.04 bits per heavy atom. The minimum Gasteiger partial charge on any atom is -0.441 e. The molecule has 2 aromatic heterocycles. The van der Waals surface area contributed by atoms with Crippen LogP contribution in [0.5, 0.6) is 0 Å². The van der Waals surface area contributed by atoms with Crippen LogP contribution < -0.4 is 5.32 Å². The Labute approximate surface area is 156 Å². The summed E-state index contributed by atoms with van der Waals surface area (Å²) in [6, 6.07) is 18.1. The molecule has 0 unspecified atom stereocenters. The number of hydrogen-bond acceptors (Lipinski definition) is 4. The van der Waals surface area contributed by atoms with Crippen LogP contribution in [0.25, 0.3) is 11.1 Å². The van der Waals surface area contributed by atoms with Gasteiger partial charge in [0.1, 0.15) is 11.2 Å². The van der Waals surface area contributed by atoms with Gasteiger partial charge in [-0.1, -0.05) is 18.1 Å². The van der Waals surface area contributed by atoms with Crippen LogP contribution in [-0.2, 0) is 0 Å². The first-order valence-electron chi connectivity index (χ1n) is 8.39. The number of carbonyl (C=O) groups excluding carboxylic acids is 1. The van der Waals surface area contributed by atoms with Crippen molar-refractivity contribution < 1.29 is 9.21 Å². The number of nitrogens with zero attached hydrogens (tertiary/aromatic N) is 2. The number of anilines is 1. The van der Waals surface area contributed by atoms with Crippen molar-refractivity contribution >= 4 is 22.7 Å². The summed E-state index contributed by atoms with van der Waals surface area (Å²) in [7, 11) is 0. The number of rotatable bonds is 2. The van der Waals surface area contributed by atoms with Crippen molar-refractivity contribution in [3.8, 4) is 11.8 Å². The molecule has 2 aromatic carbocycles. The van der Waals surface area contributed by atoms with Gasteiger partial charge in [-0.15, -0.1) is 0 Å². The Bertz CT molecular complexity index is 1180. The SMILES string of the molecule is Cc1nc2ccc(C(=O)Nc3cccc(C#Cc4ccccn4)c3)cc2o1. The third kappa shape index (κ3) is 3.86. The highest BCUT2D eigenvalue weighted by molar-refractivity contribution is 6.05. The number of aromatic nitrogens is 2. The van der Waals surface area contributed by atoms with Crippen LogP contribution in [0.3, 0.4) is 0 Å². The second kappa shape index (κ2) is 7.14. The van der Waals surface area contributed by atoms with Gasteiger partial charge in [0, 0.05) is 29.9 Å². The van der Waals surface area contributed by atoms with Gasteiger partial charge in [0.15, 0.2) is 11.5 Å². The molecule has 0 spiro atoms. The van der Waals surface area contributed by atoms with Crippen molar-refractivity contribution in [2.45, 2.75) is 6.92 Å². The first-order chi connectivity index (χ1) is 13.2. The fourth-order valence-electron chi connectivity index (χ4n) is 2.63. The minimum atomic E-state index is -0.221. The molecule has 0 bridgehead atoms. The van der Waals surface area contributed by atoms with Crippen LogP contribution in [0.15, 0.2) is 71.3 Å². The van der Waals surface area contributed by atoms with Crippen LogP contribution in [0, 0.1) is 18.8 Å². The highest BCUT2D eigenvalue weighted by atomic mass is 16.3. The second-order valence-corrected chi connectivity index (χ2v) is 5.92. The van der Waals surface area contributed by atoms with Gasteiger partial charge >= 0.3 is 0 Å². The van der Waals surface area contributed by atoms with E-state index in [-0.39, 0.29) is 5.91 Å². The molecule has 130 valence electrons. The van der Waals surface area contributed by atoms with Crippen molar-refractivity contribution in [3.63, 3.8) is 0 Å². The van der Waals surface area contributed by atoms with Gasteiger partial charge in [-0.3, -0.25) is 4.79 Å². The highest BCUT2D eigenvalue weighted by Gasteiger charge is 2.10. The molecular formula is C22H15N3O2. The third-order valence-electron chi connectivity index (χ3n) is 3.88. The predicted molar refractivity (Wildman–Crippen MR) is 103 cm³/mol. The predicted octanol–water partition coefficient (Wildman–Crippen LogP) is 4.18. The van der Waals surface area contributed by atoms with E-state index in [2.05, 4.69) is 27.1 Å². The van der Waals surface area contributed by atoms with Crippen LogP contribution >= 0.6 is 0 Å². The molecule has 0 saturated carbocycles. The number of nitrogens with one attached hydrogen (secondary N) is 1. The Kier molecular flexibility index (Phi) is 4.38. The zero-order valence-corrected chi connectivity index (χ0v) is 14.6. The number of hydrogen-bond donors (Lipinski definition) is 1. The Morgan fingerprint density at radius 2 is 1.96 bits per heavy atom. The highest BCUT2D eigenvalue weighted by Crippen LogP contribution is 2.18. The summed E-state index contributed by atoms with van der Waals surface area (Å²) < 4.78 is 5.49. The summed E-state index contributed by atoms with van der Waals surface area (Å²) >= 11 is 0. The van der Waals surface area contributed by atoms with Gasteiger partial charge < -0.3 is 9.73 Å². The van der Waals surface area contributed by atoms with E-state index in [1.807, 2.05) is 42.5 Å². The van der Waals surface area contributed by atoms with Crippen LogP contribution in [0.2, 0.25) is 0 Å². The number of carbonyl (C=O) groups is 1. The van der Waals surface area contributed by atoms with Gasteiger partial charge in [-0.2, -0.15) is 0 Å². The van der Waals surface area contributed by atoms with Crippen LogP contribution in [0.1, 0.15) is 27.5 Å². The van der Waals surface area contributed by atoms with Crippen molar-refractivity contribution in [3.05, 3.63) is 89.6 Å². The normalized spacial score (nSPS) is 10.3. The second-order valence-electron chi connectivity index (χ2n) is 5.92. The number of fused-ring (bicyclic) bond motifs is 1. The van der Waals surface area contributed by atoms with Crippen LogP contribution in [0.4, 0.5) is 5.69 Å². The van der Waals surface area contributed by atoms with Gasteiger partial charge in [-0.25, -0.2) is 9.97 Å². The van der Waals surface area contributed by atoms with Crippen molar-refractivity contribution in [1.29, 1.82) is 0 Å². The smallest absolute Gasteiger partial charge is 0.255 e. The molecule has 0 radical (unpaired) electrons. The van der Waals surface area contributed by atoms with E-state index in [4.69, 9.17) is 4.42 Å². The largest absolute Gasteiger partial charge is 0.441 e. The molecule has 5 heteroatoms. The summed E-state index contributed by atoms with van der Waals surface area (Å²) in [5.74, 6) is 6.41. The number of oxazole rings is 1. The standard InChI is InChI=1S/C22H15N3O2/c1-15-24-20-11-9-17(14-21(20)27-15)22(26)25-19-7-4-5-16(13-19)8-10-18-6-2-3-12-23-18/h2-7,9,11-14H,1H3,(H,25,26). The Balaban J connectivity index is 1.53. The lowest BCUT2D eigenvalue weighted by Gasteiger charge is -2.05. The molecule has 2 heterocycles. The molecule has 0 aliphatic carbocycles. The topological polar surface area (TPSA) is 68.0 Å². The average Bonchev–Trinajstić information content (AvgIpc) is 3.06. The number of aryl methyl sites for hydroxylation is 1. The van der Waals surface area contributed by atoms with E-state index in [1.165, 1.54) is 0 Å². The number of benzene rings is 2. The summed E-state index contributed by atoms with van der Waals surface area (Å²) in [5, 5.41) is 2.88. The fourth-order valence-corrected chi connectivity index (χ4v) is 2.63. The van der Waals surface area contributed by atoms with E-state index in [0.29, 0.717) is 28.4 Å². The summed E-state index contributed by atoms with van der Waals surface area (Å²) in [4.78, 5) is 20.9. The molecular weight excluding hydrogens is 338 g/mol. The van der Waals surface area contributed by atoms with Crippen molar-refractivity contribution in [2.75, 3.05) is 5.32 Å². The number of pyridine rings is 1.